The van der Waals surface area contributed by atoms with Gasteiger partial charge in [-0.3, -0.25) is 14.4 Å². The van der Waals surface area contributed by atoms with Crippen molar-refractivity contribution in [1.82, 2.24) is 10.2 Å². The Morgan fingerprint density at radius 1 is 1.24 bits per heavy atom. The van der Waals surface area contributed by atoms with Gasteiger partial charge in [0.15, 0.2) is 11.5 Å². The number of ether oxygens (including phenoxy) is 2. The van der Waals surface area contributed by atoms with Gasteiger partial charge in [0.05, 0.1) is 25.7 Å². The van der Waals surface area contributed by atoms with Crippen LogP contribution < -0.4 is 14.8 Å². The summed E-state index contributed by atoms with van der Waals surface area (Å²) >= 11 is 0. The summed E-state index contributed by atoms with van der Waals surface area (Å²) in [6, 6.07) is 2.47. The van der Waals surface area contributed by atoms with Gasteiger partial charge in [-0.15, -0.1) is 0 Å². The fourth-order valence-corrected chi connectivity index (χ4v) is 5.56. The van der Waals surface area contributed by atoms with Crippen LogP contribution in [0, 0.1) is 5.92 Å². The van der Waals surface area contributed by atoms with E-state index in [9.17, 15) is 24.6 Å². The number of benzene rings is 1. The quantitative estimate of drug-likeness (QED) is 0.289. The number of amides is 2. The van der Waals surface area contributed by atoms with Crippen molar-refractivity contribution in [1.29, 1.82) is 0 Å². The first-order valence-corrected chi connectivity index (χ1v) is 13.4. The third kappa shape index (κ3) is 5.38. The number of nitrogens with zero attached hydrogens (tertiary/aromatic N) is 1. The standard InChI is InChI=1S/C28H38N2O7/c1-3-4-5-6-11-30(28(35)18-8-7-9-18)21-15-20(27(34)29-10-12-31)23-19-13-17(16-32)14-22(36-2)25(19)37-26(23)24(21)33/h13-16,18,21,23-24,26,31,33H,3-12H2,1-2H3,(H,29,34)/t21-,23+,24+,26+/m1/s1. The van der Waals surface area contributed by atoms with E-state index in [0.717, 1.165) is 44.9 Å². The number of fused-ring (bicyclic) bond motifs is 3. The van der Waals surface area contributed by atoms with Gasteiger partial charge in [0.2, 0.25) is 11.8 Å². The van der Waals surface area contributed by atoms with Crippen LogP contribution in [0.2, 0.25) is 0 Å². The van der Waals surface area contributed by atoms with Crippen LogP contribution in [0.15, 0.2) is 23.8 Å². The molecule has 0 radical (unpaired) electrons. The molecule has 1 heterocycles. The molecule has 1 fully saturated rings. The molecular formula is C28H38N2O7. The molecule has 0 unspecified atom stereocenters. The lowest BCUT2D eigenvalue weighted by molar-refractivity contribution is -0.144. The van der Waals surface area contributed by atoms with Crippen molar-refractivity contribution >= 4 is 18.1 Å². The van der Waals surface area contributed by atoms with Crippen molar-refractivity contribution in [3.05, 3.63) is 34.9 Å². The second-order valence-corrected chi connectivity index (χ2v) is 10.1. The van der Waals surface area contributed by atoms with Gasteiger partial charge in [-0.1, -0.05) is 32.6 Å². The van der Waals surface area contributed by atoms with Crippen molar-refractivity contribution in [3.63, 3.8) is 0 Å². The van der Waals surface area contributed by atoms with Gasteiger partial charge in [0.1, 0.15) is 18.5 Å². The lowest BCUT2D eigenvalue weighted by atomic mass is 9.76. The Morgan fingerprint density at radius 3 is 2.65 bits per heavy atom. The number of nitrogens with one attached hydrogen (secondary N) is 1. The fourth-order valence-electron chi connectivity index (χ4n) is 5.56. The third-order valence-corrected chi connectivity index (χ3v) is 7.76. The maximum absolute atomic E-state index is 13.5. The Morgan fingerprint density at radius 2 is 2.03 bits per heavy atom. The first kappa shape index (κ1) is 27.1. The predicted molar refractivity (Wildman–Crippen MR) is 137 cm³/mol. The van der Waals surface area contributed by atoms with Crippen LogP contribution >= 0.6 is 0 Å². The summed E-state index contributed by atoms with van der Waals surface area (Å²) in [6.07, 6.45) is 7.04. The molecule has 9 heteroatoms. The lowest BCUT2D eigenvalue weighted by Crippen LogP contribution is -2.57. The number of aliphatic hydroxyl groups excluding tert-OH is 2. The molecule has 1 aromatic carbocycles. The maximum Gasteiger partial charge on any atom is 0.247 e. The summed E-state index contributed by atoms with van der Waals surface area (Å²) in [7, 11) is 1.47. The summed E-state index contributed by atoms with van der Waals surface area (Å²) in [5, 5.41) is 23.6. The topological polar surface area (TPSA) is 125 Å². The highest BCUT2D eigenvalue weighted by atomic mass is 16.5. The van der Waals surface area contributed by atoms with Crippen molar-refractivity contribution < 1.29 is 34.1 Å². The fraction of sp³-hybridized carbons (Fsp3) is 0.607. The molecule has 3 aliphatic rings. The van der Waals surface area contributed by atoms with E-state index < -0.39 is 30.1 Å². The number of hydrogen-bond donors (Lipinski definition) is 3. The van der Waals surface area contributed by atoms with Gasteiger partial charge in [-0.05, 0) is 37.5 Å². The van der Waals surface area contributed by atoms with E-state index in [1.54, 1.807) is 23.1 Å². The van der Waals surface area contributed by atoms with Crippen LogP contribution in [0.1, 0.15) is 73.7 Å². The summed E-state index contributed by atoms with van der Waals surface area (Å²) in [6.45, 7) is 2.46. The smallest absolute Gasteiger partial charge is 0.247 e. The number of aldehydes is 1. The second kappa shape index (κ2) is 12.1. The van der Waals surface area contributed by atoms with Gasteiger partial charge in [0, 0.05) is 35.7 Å². The monoisotopic (exact) mass is 514 g/mol. The summed E-state index contributed by atoms with van der Waals surface area (Å²) < 4.78 is 11.7. The van der Waals surface area contributed by atoms with Gasteiger partial charge < -0.3 is 29.9 Å². The molecular weight excluding hydrogens is 476 g/mol. The van der Waals surface area contributed by atoms with E-state index in [4.69, 9.17) is 9.47 Å². The number of carbonyl (C=O) groups excluding carboxylic acids is 3. The first-order valence-electron chi connectivity index (χ1n) is 13.4. The minimum absolute atomic E-state index is 0.00736. The van der Waals surface area contributed by atoms with Gasteiger partial charge in [0.25, 0.3) is 0 Å². The number of rotatable bonds is 12. The highest BCUT2D eigenvalue weighted by Crippen LogP contribution is 2.51. The Kier molecular flexibility index (Phi) is 8.87. The highest BCUT2D eigenvalue weighted by molar-refractivity contribution is 5.96. The third-order valence-electron chi connectivity index (χ3n) is 7.76. The van der Waals surface area contributed by atoms with E-state index in [1.807, 2.05) is 0 Å². The SMILES string of the molecule is CCCCCCN(C(=O)C1CCC1)[C@@H]1C=C(C(=O)NCCO)[C@@H]2c3cc(C=O)cc(OC)c3O[C@@H]2[C@H]1O. The lowest BCUT2D eigenvalue weighted by Gasteiger charge is -2.43. The number of aliphatic hydroxyl groups is 2. The molecule has 202 valence electrons. The van der Waals surface area contributed by atoms with E-state index in [2.05, 4.69) is 12.2 Å². The molecule has 37 heavy (non-hydrogen) atoms. The molecule has 4 atom stereocenters. The van der Waals surface area contributed by atoms with Crippen molar-refractivity contribution in [2.75, 3.05) is 26.8 Å². The minimum Gasteiger partial charge on any atom is -0.493 e. The molecule has 2 aliphatic carbocycles. The Labute approximate surface area is 217 Å². The summed E-state index contributed by atoms with van der Waals surface area (Å²) in [4.78, 5) is 40.2. The molecule has 0 aromatic heterocycles. The zero-order valence-electron chi connectivity index (χ0n) is 21.7. The zero-order valence-corrected chi connectivity index (χ0v) is 21.7. The number of hydrogen-bond acceptors (Lipinski definition) is 7. The Bertz CT molecular complexity index is 1040. The molecule has 1 saturated carbocycles. The van der Waals surface area contributed by atoms with Crippen LogP contribution in [0.5, 0.6) is 11.5 Å². The molecule has 0 bridgehead atoms. The number of carbonyl (C=O) groups is 3. The molecule has 4 rings (SSSR count). The largest absolute Gasteiger partial charge is 0.493 e. The van der Waals surface area contributed by atoms with Crippen LogP contribution in [0.4, 0.5) is 0 Å². The molecule has 0 spiro atoms. The van der Waals surface area contributed by atoms with Crippen molar-refractivity contribution in [2.24, 2.45) is 5.92 Å². The van der Waals surface area contributed by atoms with Crippen LogP contribution in [0.25, 0.3) is 0 Å². The van der Waals surface area contributed by atoms with Crippen LogP contribution in [-0.4, -0.2) is 78.3 Å². The van der Waals surface area contributed by atoms with Crippen molar-refractivity contribution in [3.8, 4) is 11.5 Å². The Hall–Kier alpha value is -2.91. The number of methoxy groups -OCH3 is 1. The second-order valence-electron chi connectivity index (χ2n) is 10.1. The van der Waals surface area contributed by atoms with Crippen molar-refractivity contribution in [2.45, 2.75) is 76.0 Å². The van der Waals surface area contributed by atoms with Crippen LogP contribution in [0.3, 0.4) is 0 Å². The van der Waals surface area contributed by atoms with Crippen LogP contribution in [-0.2, 0) is 9.59 Å². The van der Waals surface area contributed by atoms with Gasteiger partial charge >= 0.3 is 0 Å². The zero-order chi connectivity index (χ0) is 26.5. The molecule has 1 aliphatic heterocycles. The van der Waals surface area contributed by atoms with Gasteiger partial charge in [-0.25, -0.2) is 0 Å². The maximum atomic E-state index is 13.5. The molecule has 9 nitrogen and oxygen atoms in total. The average molecular weight is 515 g/mol. The summed E-state index contributed by atoms with van der Waals surface area (Å²) in [5.41, 5.74) is 1.29. The predicted octanol–water partition coefficient (Wildman–Crippen LogP) is 2.34. The Balaban J connectivity index is 1.75. The molecule has 2 amide bonds. The van der Waals surface area contributed by atoms with Gasteiger partial charge in [-0.2, -0.15) is 0 Å². The molecule has 0 saturated heterocycles. The first-order chi connectivity index (χ1) is 17.9. The summed E-state index contributed by atoms with van der Waals surface area (Å²) in [5.74, 6) is -0.399. The normalized spacial score (nSPS) is 24.2. The molecule has 3 N–H and O–H groups in total. The minimum atomic E-state index is -1.09. The van der Waals surface area contributed by atoms with E-state index in [1.165, 1.54) is 7.11 Å². The average Bonchev–Trinajstić information content (AvgIpc) is 3.26. The highest BCUT2D eigenvalue weighted by Gasteiger charge is 2.52. The van der Waals surface area contributed by atoms with E-state index in [-0.39, 0.29) is 25.0 Å². The number of unbranched alkanes of at least 4 members (excludes halogenated alkanes) is 3. The molecule has 1 aromatic rings. The van der Waals surface area contributed by atoms with E-state index >= 15 is 0 Å². The van der Waals surface area contributed by atoms with E-state index in [0.29, 0.717) is 41.0 Å².